The quantitative estimate of drug-likeness (QED) is 0.638. The minimum absolute atomic E-state index is 0.451. The van der Waals surface area contributed by atoms with Crippen molar-refractivity contribution in [2.24, 2.45) is 0 Å². The Hall–Kier alpha value is -1.06. The van der Waals surface area contributed by atoms with Crippen molar-refractivity contribution in [3.63, 3.8) is 0 Å². The van der Waals surface area contributed by atoms with E-state index >= 15 is 0 Å². The second kappa shape index (κ2) is 10.7. The molecule has 1 aromatic rings. The zero-order valence-corrected chi connectivity index (χ0v) is 14.8. The standard InChI is InChI=1S/C20H34N2O/c1-2-3-4-5-6-7-8-9-18-10-11-20(23)19(16-18)17-22-14-12-21-13-15-22/h10-11,16,21,23H,2-9,12-15,17H2,1H3. The van der Waals surface area contributed by atoms with E-state index < -0.39 is 0 Å². The topological polar surface area (TPSA) is 35.5 Å². The molecule has 0 unspecified atom stereocenters. The van der Waals surface area contributed by atoms with Gasteiger partial charge in [-0.1, -0.05) is 57.6 Å². The summed E-state index contributed by atoms with van der Waals surface area (Å²) in [5.74, 6) is 0.451. The lowest BCUT2D eigenvalue weighted by atomic mass is 10.0. The maximum absolute atomic E-state index is 10.1. The number of nitrogens with one attached hydrogen (secondary N) is 1. The Morgan fingerprint density at radius 3 is 2.43 bits per heavy atom. The number of piperazine rings is 1. The van der Waals surface area contributed by atoms with Crippen molar-refractivity contribution in [1.82, 2.24) is 10.2 Å². The molecule has 1 saturated heterocycles. The Bertz CT molecular complexity index is 441. The van der Waals surface area contributed by atoms with Crippen LogP contribution in [0, 0.1) is 0 Å². The van der Waals surface area contributed by atoms with E-state index in [9.17, 15) is 5.11 Å². The summed E-state index contributed by atoms with van der Waals surface area (Å²) in [6.45, 7) is 7.39. The van der Waals surface area contributed by atoms with Crippen molar-refractivity contribution >= 4 is 0 Å². The first kappa shape index (κ1) is 18.3. The van der Waals surface area contributed by atoms with E-state index in [0.717, 1.165) is 44.7 Å². The minimum Gasteiger partial charge on any atom is -0.508 e. The molecular formula is C20H34N2O. The SMILES string of the molecule is CCCCCCCCCc1ccc(O)c(CN2CCNCC2)c1. The Balaban J connectivity index is 1.73. The number of benzene rings is 1. The van der Waals surface area contributed by atoms with Crippen LogP contribution in [0.4, 0.5) is 0 Å². The number of aromatic hydroxyl groups is 1. The summed E-state index contributed by atoms with van der Waals surface area (Å²) in [6, 6.07) is 6.19. The van der Waals surface area contributed by atoms with Crippen molar-refractivity contribution in [2.75, 3.05) is 26.2 Å². The lowest BCUT2D eigenvalue weighted by Crippen LogP contribution is -2.42. The maximum Gasteiger partial charge on any atom is 0.120 e. The fraction of sp³-hybridized carbons (Fsp3) is 0.700. The van der Waals surface area contributed by atoms with Crippen LogP contribution in [0.25, 0.3) is 0 Å². The van der Waals surface area contributed by atoms with Gasteiger partial charge < -0.3 is 10.4 Å². The predicted molar refractivity (Wildman–Crippen MR) is 98.0 cm³/mol. The average Bonchev–Trinajstić information content (AvgIpc) is 2.58. The summed E-state index contributed by atoms with van der Waals surface area (Å²) in [6.07, 6.45) is 10.6. The molecule has 1 heterocycles. The van der Waals surface area contributed by atoms with Crippen LogP contribution in [0.2, 0.25) is 0 Å². The summed E-state index contributed by atoms with van der Waals surface area (Å²) < 4.78 is 0. The third-order valence-electron chi connectivity index (χ3n) is 4.82. The van der Waals surface area contributed by atoms with Gasteiger partial charge in [0.25, 0.3) is 0 Å². The molecule has 1 fully saturated rings. The molecule has 0 radical (unpaired) electrons. The maximum atomic E-state index is 10.1. The van der Waals surface area contributed by atoms with Gasteiger partial charge in [-0.15, -0.1) is 0 Å². The molecule has 0 saturated carbocycles. The van der Waals surface area contributed by atoms with Gasteiger partial charge in [0.1, 0.15) is 5.75 Å². The Kier molecular flexibility index (Phi) is 8.48. The summed E-state index contributed by atoms with van der Waals surface area (Å²) in [4.78, 5) is 2.42. The molecule has 0 spiro atoms. The van der Waals surface area contributed by atoms with Crippen LogP contribution in [-0.4, -0.2) is 36.2 Å². The number of rotatable bonds is 10. The monoisotopic (exact) mass is 318 g/mol. The predicted octanol–water partition coefficient (Wildman–Crippen LogP) is 4.09. The summed E-state index contributed by atoms with van der Waals surface area (Å²) >= 11 is 0. The molecule has 1 aromatic carbocycles. The second-order valence-corrected chi connectivity index (χ2v) is 6.86. The van der Waals surface area contributed by atoms with Crippen LogP contribution in [0.5, 0.6) is 5.75 Å². The molecule has 3 nitrogen and oxygen atoms in total. The van der Waals surface area contributed by atoms with Crippen LogP contribution >= 0.6 is 0 Å². The lowest BCUT2D eigenvalue weighted by molar-refractivity contribution is 0.230. The molecule has 0 atom stereocenters. The molecule has 23 heavy (non-hydrogen) atoms. The Morgan fingerprint density at radius 2 is 1.70 bits per heavy atom. The molecule has 3 heteroatoms. The first-order valence-corrected chi connectivity index (χ1v) is 9.53. The highest BCUT2D eigenvalue weighted by Crippen LogP contribution is 2.22. The van der Waals surface area contributed by atoms with Gasteiger partial charge in [0, 0.05) is 38.3 Å². The average molecular weight is 319 g/mol. The highest BCUT2D eigenvalue weighted by Gasteiger charge is 2.12. The van der Waals surface area contributed by atoms with E-state index in [2.05, 4.69) is 29.3 Å². The van der Waals surface area contributed by atoms with Crippen LogP contribution in [0.15, 0.2) is 18.2 Å². The molecule has 2 rings (SSSR count). The zero-order valence-electron chi connectivity index (χ0n) is 14.8. The Labute approximate surface area is 142 Å². The second-order valence-electron chi connectivity index (χ2n) is 6.86. The molecule has 0 amide bonds. The molecule has 2 N–H and O–H groups in total. The number of unbranched alkanes of at least 4 members (excludes halogenated alkanes) is 6. The molecule has 0 bridgehead atoms. The van der Waals surface area contributed by atoms with Gasteiger partial charge in [0.15, 0.2) is 0 Å². The third kappa shape index (κ3) is 6.92. The number of phenols is 1. The van der Waals surface area contributed by atoms with E-state index in [0.29, 0.717) is 5.75 Å². The number of hydrogen-bond acceptors (Lipinski definition) is 3. The smallest absolute Gasteiger partial charge is 0.120 e. The summed E-state index contributed by atoms with van der Waals surface area (Å²) in [7, 11) is 0. The molecule has 1 aliphatic heterocycles. The van der Waals surface area contributed by atoms with Crippen LogP contribution in [0.1, 0.15) is 63.0 Å². The van der Waals surface area contributed by atoms with Gasteiger partial charge in [0.2, 0.25) is 0 Å². The number of aryl methyl sites for hydroxylation is 1. The molecule has 130 valence electrons. The van der Waals surface area contributed by atoms with Crippen LogP contribution < -0.4 is 5.32 Å². The normalized spacial score (nSPS) is 15.9. The van der Waals surface area contributed by atoms with Crippen molar-refractivity contribution < 1.29 is 5.11 Å². The molecule has 1 aliphatic rings. The number of hydrogen-bond donors (Lipinski definition) is 2. The highest BCUT2D eigenvalue weighted by atomic mass is 16.3. The molecule has 0 aliphatic carbocycles. The first-order valence-electron chi connectivity index (χ1n) is 9.53. The number of nitrogens with zero attached hydrogens (tertiary/aromatic N) is 1. The van der Waals surface area contributed by atoms with E-state index in [-0.39, 0.29) is 0 Å². The van der Waals surface area contributed by atoms with Gasteiger partial charge in [-0.3, -0.25) is 4.90 Å². The highest BCUT2D eigenvalue weighted by molar-refractivity contribution is 5.36. The fourth-order valence-corrected chi connectivity index (χ4v) is 3.32. The van der Waals surface area contributed by atoms with E-state index in [1.54, 1.807) is 0 Å². The molecular weight excluding hydrogens is 284 g/mol. The van der Waals surface area contributed by atoms with Crippen molar-refractivity contribution in [2.45, 2.75) is 64.8 Å². The van der Waals surface area contributed by atoms with Gasteiger partial charge >= 0.3 is 0 Å². The van der Waals surface area contributed by atoms with Crippen LogP contribution in [-0.2, 0) is 13.0 Å². The largest absolute Gasteiger partial charge is 0.508 e. The van der Waals surface area contributed by atoms with E-state index in [1.807, 2.05) is 6.07 Å². The van der Waals surface area contributed by atoms with Crippen LogP contribution in [0.3, 0.4) is 0 Å². The first-order chi connectivity index (χ1) is 11.3. The van der Waals surface area contributed by atoms with Gasteiger partial charge in [-0.2, -0.15) is 0 Å². The zero-order chi connectivity index (χ0) is 16.3. The molecule has 0 aromatic heterocycles. The van der Waals surface area contributed by atoms with Gasteiger partial charge in [-0.25, -0.2) is 0 Å². The van der Waals surface area contributed by atoms with E-state index in [1.165, 1.54) is 50.5 Å². The van der Waals surface area contributed by atoms with Gasteiger partial charge in [-0.05, 0) is 24.5 Å². The summed E-state index contributed by atoms with van der Waals surface area (Å²) in [5.41, 5.74) is 2.47. The van der Waals surface area contributed by atoms with Crippen molar-refractivity contribution in [3.8, 4) is 5.75 Å². The lowest BCUT2D eigenvalue weighted by Gasteiger charge is -2.27. The fourth-order valence-electron chi connectivity index (χ4n) is 3.32. The summed E-state index contributed by atoms with van der Waals surface area (Å²) in [5, 5.41) is 13.5. The third-order valence-corrected chi connectivity index (χ3v) is 4.82. The van der Waals surface area contributed by atoms with Crippen molar-refractivity contribution in [3.05, 3.63) is 29.3 Å². The van der Waals surface area contributed by atoms with E-state index in [4.69, 9.17) is 0 Å². The van der Waals surface area contributed by atoms with Gasteiger partial charge in [0.05, 0.1) is 0 Å². The minimum atomic E-state index is 0.451. The number of phenolic OH excluding ortho intramolecular Hbond substituents is 1. The Morgan fingerprint density at radius 1 is 1.00 bits per heavy atom. The van der Waals surface area contributed by atoms with Crippen molar-refractivity contribution in [1.29, 1.82) is 0 Å².